The Labute approximate surface area is 131 Å². The van der Waals surface area contributed by atoms with Crippen LogP contribution in [0, 0.1) is 0 Å². The SMILES string of the molecule is CC(CCN(C)C)Nc1cc(Cl)nc(-c2ccccc2)n1. The maximum atomic E-state index is 6.11. The minimum Gasteiger partial charge on any atom is -0.367 e. The molecule has 1 unspecified atom stereocenters. The van der Waals surface area contributed by atoms with Crippen LogP contribution in [-0.4, -0.2) is 41.5 Å². The van der Waals surface area contributed by atoms with Gasteiger partial charge in [0.1, 0.15) is 11.0 Å². The van der Waals surface area contributed by atoms with E-state index >= 15 is 0 Å². The Balaban J connectivity index is 2.12. The Morgan fingerprint density at radius 1 is 1.19 bits per heavy atom. The second-order valence-electron chi connectivity index (χ2n) is 5.40. The molecule has 21 heavy (non-hydrogen) atoms. The molecule has 1 aromatic heterocycles. The fourth-order valence-corrected chi connectivity index (χ4v) is 2.17. The first kappa shape index (κ1) is 15.7. The molecule has 2 aromatic rings. The van der Waals surface area contributed by atoms with Gasteiger partial charge in [-0.3, -0.25) is 0 Å². The first-order valence-corrected chi connectivity index (χ1v) is 7.43. The van der Waals surface area contributed by atoms with E-state index in [2.05, 4.69) is 41.2 Å². The van der Waals surface area contributed by atoms with E-state index in [1.165, 1.54) is 0 Å². The molecule has 0 radical (unpaired) electrons. The number of hydrogen-bond acceptors (Lipinski definition) is 4. The van der Waals surface area contributed by atoms with Crippen molar-refractivity contribution >= 4 is 17.4 Å². The number of aromatic nitrogens is 2. The van der Waals surface area contributed by atoms with Gasteiger partial charge < -0.3 is 10.2 Å². The highest BCUT2D eigenvalue weighted by Gasteiger charge is 2.08. The van der Waals surface area contributed by atoms with Crippen molar-refractivity contribution < 1.29 is 0 Å². The summed E-state index contributed by atoms with van der Waals surface area (Å²) in [6.45, 7) is 3.17. The highest BCUT2D eigenvalue weighted by molar-refractivity contribution is 6.29. The van der Waals surface area contributed by atoms with Gasteiger partial charge in [0.2, 0.25) is 0 Å². The Bertz CT molecular complexity index is 572. The molecule has 0 fully saturated rings. The number of nitrogens with one attached hydrogen (secondary N) is 1. The molecule has 2 rings (SSSR count). The summed E-state index contributed by atoms with van der Waals surface area (Å²) in [6, 6.07) is 11.9. The third kappa shape index (κ3) is 4.99. The van der Waals surface area contributed by atoms with Crippen LogP contribution in [0.2, 0.25) is 5.15 Å². The van der Waals surface area contributed by atoms with Crippen molar-refractivity contribution in [2.45, 2.75) is 19.4 Å². The van der Waals surface area contributed by atoms with Crippen molar-refractivity contribution in [3.05, 3.63) is 41.6 Å². The van der Waals surface area contributed by atoms with E-state index in [9.17, 15) is 0 Å². The summed E-state index contributed by atoms with van der Waals surface area (Å²) in [4.78, 5) is 11.0. The lowest BCUT2D eigenvalue weighted by Gasteiger charge is -2.17. The van der Waals surface area contributed by atoms with Crippen LogP contribution in [0.1, 0.15) is 13.3 Å². The van der Waals surface area contributed by atoms with Crippen LogP contribution < -0.4 is 5.32 Å². The van der Waals surface area contributed by atoms with Crippen molar-refractivity contribution in [2.75, 3.05) is 26.0 Å². The van der Waals surface area contributed by atoms with Gasteiger partial charge >= 0.3 is 0 Å². The summed E-state index contributed by atoms with van der Waals surface area (Å²) in [5.41, 5.74) is 0.962. The number of rotatable bonds is 6. The molecule has 0 saturated carbocycles. The van der Waals surface area contributed by atoms with Crippen LogP contribution >= 0.6 is 11.6 Å². The molecule has 0 saturated heterocycles. The molecular weight excluding hydrogens is 284 g/mol. The number of benzene rings is 1. The van der Waals surface area contributed by atoms with E-state index in [-0.39, 0.29) is 0 Å². The lowest BCUT2D eigenvalue weighted by Crippen LogP contribution is -2.23. The maximum absolute atomic E-state index is 6.11. The Morgan fingerprint density at radius 3 is 2.57 bits per heavy atom. The molecule has 0 amide bonds. The predicted molar refractivity (Wildman–Crippen MR) is 88.7 cm³/mol. The van der Waals surface area contributed by atoms with Crippen molar-refractivity contribution in [3.8, 4) is 11.4 Å². The average molecular weight is 305 g/mol. The standard InChI is InChI=1S/C16H21ClN4/c1-12(9-10-21(2)3)18-15-11-14(17)19-16(20-15)13-7-5-4-6-8-13/h4-8,11-12H,9-10H2,1-3H3,(H,18,19,20). The number of halogens is 1. The number of nitrogens with zero attached hydrogens (tertiary/aromatic N) is 3. The van der Waals surface area contributed by atoms with Gasteiger partial charge in [-0.05, 0) is 34.0 Å². The summed E-state index contributed by atoms with van der Waals surface area (Å²) >= 11 is 6.11. The van der Waals surface area contributed by atoms with Crippen molar-refractivity contribution in [1.29, 1.82) is 0 Å². The molecule has 112 valence electrons. The van der Waals surface area contributed by atoms with Gasteiger partial charge in [-0.15, -0.1) is 0 Å². The molecular formula is C16H21ClN4. The van der Waals surface area contributed by atoms with E-state index in [1.807, 2.05) is 30.3 Å². The Morgan fingerprint density at radius 2 is 1.90 bits per heavy atom. The van der Waals surface area contributed by atoms with E-state index in [0.29, 0.717) is 17.0 Å². The van der Waals surface area contributed by atoms with E-state index in [1.54, 1.807) is 6.07 Å². The van der Waals surface area contributed by atoms with Crippen molar-refractivity contribution in [1.82, 2.24) is 14.9 Å². The summed E-state index contributed by atoms with van der Waals surface area (Å²) in [7, 11) is 4.14. The first-order valence-electron chi connectivity index (χ1n) is 7.06. The summed E-state index contributed by atoms with van der Waals surface area (Å²) in [5.74, 6) is 1.41. The van der Waals surface area contributed by atoms with Crippen molar-refractivity contribution in [3.63, 3.8) is 0 Å². The second-order valence-corrected chi connectivity index (χ2v) is 5.79. The van der Waals surface area contributed by atoms with Gasteiger partial charge in [-0.25, -0.2) is 9.97 Å². The number of hydrogen-bond donors (Lipinski definition) is 1. The largest absolute Gasteiger partial charge is 0.367 e. The second kappa shape index (κ2) is 7.38. The topological polar surface area (TPSA) is 41.0 Å². The van der Waals surface area contributed by atoms with Crippen LogP contribution in [0.5, 0.6) is 0 Å². The van der Waals surface area contributed by atoms with Crippen LogP contribution in [0.3, 0.4) is 0 Å². The normalized spacial score (nSPS) is 12.4. The zero-order valence-electron chi connectivity index (χ0n) is 12.7. The molecule has 5 heteroatoms. The third-order valence-electron chi connectivity index (χ3n) is 3.13. The van der Waals surface area contributed by atoms with Crippen molar-refractivity contribution in [2.24, 2.45) is 0 Å². The van der Waals surface area contributed by atoms with Gasteiger partial charge in [-0.1, -0.05) is 41.9 Å². The smallest absolute Gasteiger partial charge is 0.163 e. The molecule has 1 aromatic carbocycles. The van der Waals surface area contributed by atoms with Crippen LogP contribution in [0.15, 0.2) is 36.4 Å². The monoisotopic (exact) mass is 304 g/mol. The highest BCUT2D eigenvalue weighted by atomic mass is 35.5. The molecule has 0 aliphatic rings. The molecule has 0 spiro atoms. The van der Waals surface area contributed by atoms with E-state index < -0.39 is 0 Å². The van der Waals surface area contributed by atoms with Crippen LogP contribution in [0.25, 0.3) is 11.4 Å². The zero-order valence-corrected chi connectivity index (χ0v) is 13.4. The summed E-state index contributed by atoms with van der Waals surface area (Å²) in [5, 5.41) is 3.84. The molecule has 1 N–H and O–H groups in total. The molecule has 0 aliphatic carbocycles. The fourth-order valence-electron chi connectivity index (χ4n) is 1.98. The highest BCUT2D eigenvalue weighted by Crippen LogP contribution is 2.20. The lowest BCUT2D eigenvalue weighted by atomic mass is 10.2. The van der Waals surface area contributed by atoms with E-state index in [0.717, 1.165) is 24.3 Å². The van der Waals surface area contributed by atoms with Gasteiger partial charge in [-0.2, -0.15) is 0 Å². The maximum Gasteiger partial charge on any atom is 0.163 e. The quantitative estimate of drug-likeness (QED) is 0.829. The van der Waals surface area contributed by atoms with Crippen LogP contribution in [0.4, 0.5) is 5.82 Å². The van der Waals surface area contributed by atoms with Gasteiger partial charge in [0.25, 0.3) is 0 Å². The third-order valence-corrected chi connectivity index (χ3v) is 3.32. The molecule has 1 heterocycles. The minimum absolute atomic E-state index is 0.321. The van der Waals surface area contributed by atoms with Gasteiger partial charge in [0.05, 0.1) is 0 Å². The molecule has 0 aliphatic heterocycles. The lowest BCUT2D eigenvalue weighted by molar-refractivity contribution is 0.390. The average Bonchev–Trinajstić information content (AvgIpc) is 2.45. The molecule has 1 atom stereocenters. The number of anilines is 1. The predicted octanol–water partition coefficient (Wildman–Crippen LogP) is 3.55. The van der Waals surface area contributed by atoms with Crippen LogP contribution in [-0.2, 0) is 0 Å². The minimum atomic E-state index is 0.321. The summed E-state index contributed by atoms with van der Waals surface area (Å²) < 4.78 is 0. The fraction of sp³-hybridized carbons (Fsp3) is 0.375. The Hall–Kier alpha value is -1.65. The molecule has 4 nitrogen and oxygen atoms in total. The summed E-state index contributed by atoms with van der Waals surface area (Å²) in [6.07, 6.45) is 1.04. The Kier molecular flexibility index (Phi) is 5.53. The van der Waals surface area contributed by atoms with Gasteiger partial charge in [0, 0.05) is 17.7 Å². The van der Waals surface area contributed by atoms with Gasteiger partial charge in [0.15, 0.2) is 5.82 Å². The zero-order chi connectivity index (χ0) is 15.2. The van der Waals surface area contributed by atoms with E-state index in [4.69, 9.17) is 11.6 Å². The molecule has 0 bridgehead atoms. The first-order chi connectivity index (χ1) is 10.0.